The molecule has 0 aromatic heterocycles. The van der Waals surface area contributed by atoms with E-state index in [4.69, 9.17) is 14.2 Å². The van der Waals surface area contributed by atoms with E-state index in [1.54, 1.807) is 12.1 Å². The number of ketones is 1. The topological polar surface area (TPSA) is 44.8 Å². The second kappa shape index (κ2) is 8.44. The first-order chi connectivity index (χ1) is 10.8. The van der Waals surface area contributed by atoms with Gasteiger partial charge < -0.3 is 14.2 Å². The van der Waals surface area contributed by atoms with Gasteiger partial charge in [-0.25, -0.2) is 0 Å². The summed E-state index contributed by atoms with van der Waals surface area (Å²) in [5.74, 6) is -0.0854. The van der Waals surface area contributed by atoms with Crippen molar-refractivity contribution in [3.8, 4) is 0 Å². The third kappa shape index (κ3) is 4.24. The highest BCUT2D eigenvalue weighted by atomic mass is 16.7. The Hall–Kier alpha value is -2.01. The lowest BCUT2D eigenvalue weighted by Gasteiger charge is -2.20. The van der Waals surface area contributed by atoms with E-state index < -0.39 is 12.4 Å². The Kier molecular flexibility index (Phi) is 6.27. The monoisotopic (exact) mass is 300 g/mol. The van der Waals surface area contributed by atoms with Crippen LogP contribution in [0, 0.1) is 0 Å². The number of carbonyl (C=O) groups is 1. The zero-order valence-corrected chi connectivity index (χ0v) is 12.8. The first-order valence-electron chi connectivity index (χ1n) is 7.07. The molecule has 2 aromatic rings. The average Bonchev–Trinajstić information content (AvgIpc) is 2.60. The molecule has 2 aromatic carbocycles. The minimum absolute atomic E-state index is 0.0854. The fourth-order valence-electron chi connectivity index (χ4n) is 2.11. The molecule has 0 fully saturated rings. The summed E-state index contributed by atoms with van der Waals surface area (Å²) in [5.41, 5.74) is 1.42. The molecule has 0 saturated carbocycles. The van der Waals surface area contributed by atoms with Crippen molar-refractivity contribution in [2.75, 3.05) is 20.8 Å². The number of Topliss-reactive ketones (excluding diaryl/α,β-unsaturated/α-hetero) is 1. The first kappa shape index (κ1) is 16.4. The largest absolute Gasteiger partial charge is 0.360 e. The normalized spacial score (nSPS) is 12.3. The van der Waals surface area contributed by atoms with Gasteiger partial charge in [-0.15, -0.1) is 0 Å². The molecule has 0 spiro atoms. The zero-order chi connectivity index (χ0) is 15.8. The highest BCUT2D eigenvalue weighted by Crippen LogP contribution is 2.23. The quantitative estimate of drug-likeness (QED) is 0.554. The number of hydrogen-bond acceptors (Lipinski definition) is 4. The van der Waals surface area contributed by atoms with Crippen LogP contribution in [0.15, 0.2) is 60.7 Å². The average molecular weight is 300 g/mol. The van der Waals surface area contributed by atoms with E-state index in [0.29, 0.717) is 5.56 Å². The molecule has 0 N–H and O–H groups in total. The Morgan fingerprint density at radius 3 is 2.00 bits per heavy atom. The van der Waals surface area contributed by atoms with Crippen LogP contribution in [0.3, 0.4) is 0 Å². The molecule has 0 amide bonds. The second-order valence-corrected chi connectivity index (χ2v) is 4.76. The molecule has 116 valence electrons. The van der Waals surface area contributed by atoms with Crippen LogP contribution < -0.4 is 0 Å². The molecule has 0 saturated heterocycles. The van der Waals surface area contributed by atoms with E-state index in [1.807, 2.05) is 48.5 Å². The lowest BCUT2D eigenvalue weighted by Crippen LogP contribution is -2.25. The molecule has 1 atom stereocenters. The van der Waals surface area contributed by atoms with Crippen LogP contribution in [-0.4, -0.2) is 32.9 Å². The minimum atomic E-state index is -0.684. The van der Waals surface area contributed by atoms with Crippen LogP contribution >= 0.6 is 0 Å². The van der Waals surface area contributed by atoms with Crippen molar-refractivity contribution in [2.24, 2.45) is 0 Å². The van der Waals surface area contributed by atoms with Crippen LogP contribution in [0.25, 0.3) is 0 Å². The number of ether oxygens (including phenoxy) is 3. The fraction of sp³-hybridized carbons (Fsp3) is 0.278. The van der Waals surface area contributed by atoms with Crippen LogP contribution in [0.2, 0.25) is 0 Å². The maximum Gasteiger partial charge on any atom is 0.196 e. The standard InChI is InChI=1S/C18H20O4/c1-20-16(21-2)13-22-18(15-11-7-4-8-12-15)17(19)14-9-5-3-6-10-14/h3-12,16,18H,13H2,1-2H3. The number of carbonyl (C=O) groups excluding carboxylic acids is 1. The van der Waals surface area contributed by atoms with Crippen molar-refractivity contribution in [3.63, 3.8) is 0 Å². The molecule has 1 unspecified atom stereocenters. The molecule has 0 aliphatic rings. The highest BCUT2D eigenvalue weighted by molar-refractivity contribution is 6.00. The van der Waals surface area contributed by atoms with E-state index in [1.165, 1.54) is 14.2 Å². The van der Waals surface area contributed by atoms with Gasteiger partial charge in [0.1, 0.15) is 6.10 Å². The van der Waals surface area contributed by atoms with Gasteiger partial charge in [0.15, 0.2) is 12.1 Å². The van der Waals surface area contributed by atoms with Gasteiger partial charge in [-0.2, -0.15) is 0 Å². The number of hydrogen-bond donors (Lipinski definition) is 0. The van der Waals surface area contributed by atoms with Crippen molar-refractivity contribution in [2.45, 2.75) is 12.4 Å². The summed E-state index contributed by atoms with van der Waals surface area (Å²) < 4.78 is 16.0. The first-order valence-corrected chi connectivity index (χ1v) is 7.07. The summed E-state index contributed by atoms with van der Waals surface area (Å²) >= 11 is 0. The zero-order valence-electron chi connectivity index (χ0n) is 12.8. The van der Waals surface area contributed by atoms with Gasteiger partial charge in [0.05, 0.1) is 6.61 Å². The van der Waals surface area contributed by atoms with Crippen LogP contribution in [0.5, 0.6) is 0 Å². The predicted molar refractivity (Wildman–Crippen MR) is 83.7 cm³/mol. The molecule has 4 heteroatoms. The summed E-state index contributed by atoms with van der Waals surface area (Å²) in [6.45, 7) is 0.172. The van der Waals surface area contributed by atoms with Gasteiger partial charge in [-0.05, 0) is 5.56 Å². The lowest BCUT2D eigenvalue weighted by atomic mass is 10.00. The summed E-state index contributed by atoms with van der Waals surface area (Å²) in [5, 5.41) is 0. The summed E-state index contributed by atoms with van der Waals surface area (Å²) in [7, 11) is 3.07. The Bertz CT molecular complexity index is 564. The number of methoxy groups -OCH3 is 2. The molecule has 0 heterocycles. The SMILES string of the molecule is COC(COC(C(=O)c1ccccc1)c1ccccc1)OC. The van der Waals surface area contributed by atoms with E-state index in [9.17, 15) is 4.79 Å². The van der Waals surface area contributed by atoms with Crippen molar-refractivity contribution in [1.82, 2.24) is 0 Å². The van der Waals surface area contributed by atoms with Crippen LogP contribution in [0.4, 0.5) is 0 Å². The molecule has 0 aliphatic heterocycles. The van der Waals surface area contributed by atoms with Crippen molar-refractivity contribution >= 4 is 5.78 Å². The molecular weight excluding hydrogens is 280 g/mol. The van der Waals surface area contributed by atoms with Crippen LogP contribution in [0.1, 0.15) is 22.0 Å². The maximum absolute atomic E-state index is 12.7. The van der Waals surface area contributed by atoms with Crippen LogP contribution in [-0.2, 0) is 14.2 Å². The van der Waals surface area contributed by atoms with E-state index in [2.05, 4.69) is 0 Å². The molecule has 4 nitrogen and oxygen atoms in total. The summed E-state index contributed by atoms with van der Waals surface area (Å²) in [4.78, 5) is 12.7. The molecular formula is C18H20O4. The maximum atomic E-state index is 12.7. The third-order valence-corrected chi connectivity index (χ3v) is 3.32. The predicted octanol–water partition coefficient (Wildman–Crippen LogP) is 3.25. The van der Waals surface area contributed by atoms with Gasteiger partial charge in [-0.1, -0.05) is 60.7 Å². The van der Waals surface area contributed by atoms with Gasteiger partial charge in [0.2, 0.25) is 0 Å². The molecule has 0 aliphatic carbocycles. The fourth-order valence-corrected chi connectivity index (χ4v) is 2.11. The Morgan fingerprint density at radius 2 is 1.45 bits per heavy atom. The summed E-state index contributed by atoms with van der Waals surface area (Å²) in [6.07, 6.45) is -1.19. The van der Waals surface area contributed by atoms with Crippen molar-refractivity contribution in [1.29, 1.82) is 0 Å². The van der Waals surface area contributed by atoms with Gasteiger partial charge >= 0.3 is 0 Å². The van der Waals surface area contributed by atoms with Crippen molar-refractivity contribution in [3.05, 3.63) is 71.8 Å². The lowest BCUT2D eigenvalue weighted by molar-refractivity contribution is -0.147. The van der Waals surface area contributed by atoms with Gasteiger partial charge in [0, 0.05) is 19.8 Å². The summed E-state index contributed by atoms with van der Waals surface area (Å²) in [6, 6.07) is 18.5. The highest BCUT2D eigenvalue weighted by Gasteiger charge is 2.24. The second-order valence-electron chi connectivity index (χ2n) is 4.76. The Labute approximate surface area is 130 Å². The molecule has 22 heavy (non-hydrogen) atoms. The molecule has 0 radical (unpaired) electrons. The smallest absolute Gasteiger partial charge is 0.196 e. The van der Waals surface area contributed by atoms with Crippen molar-refractivity contribution < 1.29 is 19.0 Å². The van der Waals surface area contributed by atoms with Gasteiger partial charge in [0.25, 0.3) is 0 Å². The van der Waals surface area contributed by atoms with E-state index in [0.717, 1.165) is 5.56 Å². The van der Waals surface area contributed by atoms with Gasteiger partial charge in [-0.3, -0.25) is 4.79 Å². The number of rotatable bonds is 8. The van der Waals surface area contributed by atoms with E-state index >= 15 is 0 Å². The van der Waals surface area contributed by atoms with E-state index in [-0.39, 0.29) is 12.4 Å². The third-order valence-electron chi connectivity index (χ3n) is 3.32. The minimum Gasteiger partial charge on any atom is -0.360 e. The molecule has 2 rings (SSSR count). The number of benzene rings is 2. The Balaban J connectivity index is 2.20. The molecule has 0 bridgehead atoms. The Morgan fingerprint density at radius 1 is 0.909 bits per heavy atom.